The summed E-state index contributed by atoms with van der Waals surface area (Å²) >= 11 is 3.29. The molecule has 0 saturated heterocycles. The molecule has 0 heterocycles. The summed E-state index contributed by atoms with van der Waals surface area (Å²) in [5.41, 5.74) is 0. The minimum absolute atomic E-state index is 0.0314. The molecule has 0 rings (SSSR count). The molecule has 16 heavy (non-hydrogen) atoms. The molecule has 0 aromatic heterocycles. The van der Waals surface area contributed by atoms with E-state index in [2.05, 4.69) is 20.7 Å². The van der Waals surface area contributed by atoms with Crippen molar-refractivity contribution < 1.29 is 17.9 Å². The Morgan fingerprint density at radius 1 is 1.44 bits per heavy atom. The van der Waals surface area contributed by atoms with Gasteiger partial charge in [0.1, 0.15) is 5.25 Å². The maximum atomic E-state index is 11.4. The van der Waals surface area contributed by atoms with E-state index in [0.29, 0.717) is 17.2 Å². The second-order valence-corrected chi connectivity index (χ2v) is 8.49. The lowest BCUT2D eigenvalue weighted by Crippen LogP contribution is -2.21. The highest BCUT2D eigenvalue weighted by Crippen LogP contribution is 2.25. The van der Waals surface area contributed by atoms with Crippen LogP contribution in [0.15, 0.2) is 0 Å². The molecule has 0 aliphatic heterocycles. The number of rotatable bonds is 8. The van der Waals surface area contributed by atoms with Gasteiger partial charge in [-0.25, -0.2) is 8.42 Å². The third-order valence-corrected chi connectivity index (χ3v) is 6.44. The van der Waals surface area contributed by atoms with Crippen molar-refractivity contribution in [1.82, 2.24) is 0 Å². The van der Waals surface area contributed by atoms with Crippen molar-refractivity contribution in [2.75, 3.05) is 18.2 Å². The topological polar surface area (TPSA) is 60.4 Å². The fourth-order valence-corrected chi connectivity index (χ4v) is 4.32. The molecule has 1 unspecified atom stereocenters. The van der Waals surface area contributed by atoms with E-state index in [9.17, 15) is 13.2 Å². The molecule has 4 nitrogen and oxygen atoms in total. The maximum absolute atomic E-state index is 11.4. The second kappa shape index (κ2) is 8.36. The van der Waals surface area contributed by atoms with Gasteiger partial charge in [0.2, 0.25) is 8.87 Å². The first-order valence-electron chi connectivity index (χ1n) is 5.01. The third kappa shape index (κ3) is 6.75. The van der Waals surface area contributed by atoms with Gasteiger partial charge in [0, 0.05) is 5.33 Å². The molecule has 0 bridgehead atoms. The molecule has 0 fully saturated rings. The SMILES string of the molecule is CCS(=O)(=O)SC(CCCCBr)C(=O)OC. The van der Waals surface area contributed by atoms with Crippen LogP contribution in [0.3, 0.4) is 0 Å². The molecule has 0 amide bonds. The second-order valence-electron chi connectivity index (χ2n) is 3.14. The van der Waals surface area contributed by atoms with Crippen LogP contribution in [-0.2, 0) is 18.4 Å². The van der Waals surface area contributed by atoms with Crippen molar-refractivity contribution in [3.8, 4) is 0 Å². The van der Waals surface area contributed by atoms with E-state index in [1.54, 1.807) is 6.92 Å². The first-order valence-corrected chi connectivity index (χ1v) is 9.18. The highest BCUT2D eigenvalue weighted by Gasteiger charge is 2.25. The van der Waals surface area contributed by atoms with Gasteiger partial charge >= 0.3 is 5.97 Å². The summed E-state index contributed by atoms with van der Waals surface area (Å²) in [6, 6.07) is 0. The van der Waals surface area contributed by atoms with Crippen molar-refractivity contribution in [1.29, 1.82) is 0 Å². The fraction of sp³-hybridized carbons (Fsp3) is 0.889. The Bertz CT molecular complexity index is 303. The molecular formula is C9H17BrO4S2. The Labute approximate surface area is 109 Å². The smallest absolute Gasteiger partial charge is 0.319 e. The number of esters is 1. The minimum Gasteiger partial charge on any atom is -0.468 e. The summed E-state index contributed by atoms with van der Waals surface area (Å²) in [5, 5.41) is 0.250. The zero-order chi connectivity index (χ0) is 12.6. The van der Waals surface area contributed by atoms with Crippen LogP contribution in [0.2, 0.25) is 0 Å². The Morgan fingerprint density at radius 2 is 2.06 bits per heavy atom. The fourth-order valence-electron chi connectivity index (χ4n) is 1.01. The molecule has 7 heteroatoms. The summed E-state index contributed by atoms with van der Waals surface area (Å²) in [6.07, 6.45) is 2.25. The number of halogens is 1. The van der Waals surface area contributed by atoms with E-state index >= 15 is 0 Å². The highest BCUT2D eigenvalue weighted by molar-refractivity contribution is 9.09. The lowest BCUT2D eigenvalue weighted by molar-refractivity contribution is -0.140. The van der Waals surface area contributed by atoms with Crippen LogP contribution in [0.4, 0.5) is 0 Å². The zero-order valence-electron chi connectivity index (χ0n) is 9.44. The summed E-state index contributed by atoms with van der Waals surface area (Å²) in [5.74, 6) is -0.430. The van der Waals surface area contributed by atoms with Gasteiger partial charge in [-0.3, -0.25) is 4.79 Å². The number of alkyl halides is 1. The summed E-state index contributed by atoms with van der Waals surface area (Å²) in [4.78, 5) is 11.4. The number of unbranched alkanes of at least 4 members (excludes halogenated alkanes) is 1. The summed E-state index contributed by atoms with van der Waals surface area (Å²) in [7, 11) is -1.22. The minimum atomic E-state index is -3.21. The summed E-state index contributed by atoms with van der Waals surface area (Å²) < 4.78 is 27.4. The highest BCUT2D eigenvalue weighted by atomic mass is 79.9. The number of carbonyl (C=O) groups is 1. The quantitative estimate of drug-likeness (QED) is 0.295. The van der Waals surface area contributed by atoms with Crippen LogP contribution in [0.1, 0.15) is 26.2 Å². The van der Waals surface area contributed by atoms with Crippen LogP contribution in [0, 0.1) is 0 Å². The van der Waals surface area contributed by atoms with Crippen molar-refractivity contribution in [2.45, 2.75) is 31.4 Å². The average molecular weight is 333 g/mol. The molecule has 0 N–H and O–H groups in total. The monoisotopic (exact) mass is 332 g/mol. The van der Waals surface area contributed by atoms with E-state index < -0.39 is 20.1 Å². The van der Waals surface area contributed by atoms with Crippen molar-refractivity contribution in [3.63, 3.8) is 0 Å². The first-order chi connectivity index (χ1) is 7.46. The lowest BCUT2D eigenvalue weighted by Gasteiger charge is -2.12. The van der Waals surface area contributed by atoms with E-state index in [0.717, 1.165) is 18.2 Å². The van der Waals surface area contributed by atoms with Gasteiger partial charge in [0.25, 0.3) is 0 Å². The maximum Gasteiger partial charge on any atom is 0.319 e. The predicted molar refractivity (Wildman–Crippen MR) is 70.5 cm³/mol. The molecule has 96 valence electrons. The number of carbonyl (C=O) groups excluding carboxylic acids is 1. The number of hydrogen-bond donors (Lipinski definition) is 0. The van der Waals surface area contributed by atoms with Gasteiger partial charge in [-0.05, 0) is 23.6 Å². The largest absolute Gasteiger partial charge is 0.468 e. The van der Waals surface area contributed by atoms with Gasteiger partial charge < -0.3 is 4.74 Å². The number of methoxy groups -OCH3 is 1. The molecule has 0 aromatic rings. The van der Waals surface area contributed by atoms with Crippen LogP contribution >= 0.6 is 26.7 Å². The molecule has 0 aliphatic rings. The Kier molecular flexibility index (Phi) is 8.49. The number of ether oxygens (including phenoxy) is 1. The van der Waals surface area contributed by atoms with E-state index in [4.69, 9.17) is 0 Å². The standard InChI is InChI=1S/C9H17BrO4S2/c1-3-16(12,13)15-8(9(11)14-2)6-4-5-7-10/h8H,3-7H2,1-2H3. The van der Waals surface area contributed by atoms with Crippen molar-refractivity contribution >= 4 is 41.6 Å². The van der Waals surface area contributed by atoms with Crippen LogP contribution in [-0.4, -0.2) is 37.8 Å². The molecule has 0 spiro atoms. The van der Waals surface area contributed by atoms with Crippen LogP contribution in [0.5, 0.6) is 0 Å². The van der Waals surface area contributed by atoms with Crippen molar-refractivity contribution in [2.24, 2.45) is 0 Å². The van der Waals surface area contributed by atoms with Gasteiger partial charge in [-0.2, -0.15) is 0 Å². The Morgan fingerprint density at radius 3 is 2.50 bits per heavy atom. The molecule has 0 aromatic carbocycles. The van der Waals surface area contributed by atoms with E-state index in [-0.39, 0.29) is 5.75 Å². The third-order valence-electron chi connectivity index (χ3n) is 1.93. The Hall–Kier alpha value is 0.250. The number of hydrogen-bond acceptors (Lipinski definition) is 5. The molecule has 1 atom stereocenters. The first kappa shape index (κ1) is 16.2. The Balaban J connectivity index is 4.38. The van der Waals surface area contributed by atoms with Gasteiger partial charge in [0.15, 0.2) is 0 Å². The normalized spacial score (nSPS) is 13.4. The van der Waals surface area contributed by atoms with Gasteiger partial charge in [-0.15, -0.1) is 0 Å². The van der Waals surface area contributed by atoms with Crippen LogP contribution < -0.4 is 0 Å². The van der Waals surface area contributed by atoms with Crippen molar-refractivity contribution in [3.05, 3.63) is 0 Å². The lowest BCUT2D eigenvalue weighted by atomic mass is 10.2. The van der Waals surface area contributed by atoms with Crippen LogP contribution in [0.25, 0.3) is 0 Å². The molecule has 0 saturated carbocycles. The average Bonchev–Trinajstić information content (AvgIpc) is 2.27. The van der Waals surface area contributed by atoms with Gasteiger partial charge in [0.05, 0.1) is 12.9 Å². The van der Waals surface area contributed by atoms with Gasteiger partial charge in [-0.1, -0.05) is 29.3 Å². The molecule has 0 aliphatic carbocycles. The molecule has 0 radical (unpaired) electrons. The van der Waals surface area contributed by atoms with E-state index in [1.807, 2.05) is 0 Å². The zero-order valence-corrected chi connectivity index (χ0v) is 12.7. The van der Waals surface area contributed by atoms with E-state index in [1.165, 1.54) is 7.11 Å². The summed E-state index contributed by atoms with van der Waals surface area (Å²) in [6.45, 7) is 1.56. The predicted octanol–water partition coefficient (Wildman–Crippen LogP) is 2.18. The molecular weight excluding hydrogens is 316 g/mol.